The number of carbonyl (C=O) groups is 1. The van der Waals surface area contributed by atoms with Crippen molar-refractivity contribution >= 4 is 24.2 Å². The normalized spacial score (nSPS) is 19.3. The smallest absolute Gasteiger partial charge is 0.307 e. The molecule has 0 N–H and O–H groups in total. The van der Waals surface area contributed by atoms with Crippen LogP contribution >= 0.6 is 12.6 Å². The summed E-state index contributed by atoms with van der Waals surface area (Å²) >= 11 is 4.19. The first-order valence-electron chi connectivity index (χ1n) is 9.69. The van der Waals surface area contributed by atoms with Crippen LogP contribution in [0.5, 0.6) is 5.75 Å². The Morgan fingerprint density at radius 2 is 1.75 bits per heavy atom. The Kier molecular flexibility index (Phi) is 6.19. The first-order valence-corrected chi connectivity index (χ1v) is 10.2. The van der Waals surface area contributed by atoms with Crippen molar-refractivity contribution in [3.05, 3.63) is 70.8 Å². The van der Waals surface area contributed by atoms with E-state index in [2.05, 4.69) is 69.8 Å². The van der Waals surface area contributed by atoms with Crippen molar-refractivity contribution in [2.75, 3.05) is 13.2 Å². The Morgan fingerprint density at radius 3 is 2.43 bits per heavy atom. The maximum absolute atomic E-state index is 11.5. The molecule has 28 heavy (non-hydrogen) atoms. The number of hydrogen-bond donors (Lipinski definition) is 1. The minimum atomic E-state index is -0.244. The van der Waals surface area contributed by atoms with E-state index >= 15 is 0 Å². The van der Waals surface area contributed by atoms with Crippen molar-refractivity contribution in [2.24, 2.45) is 0 Å². The zero-order valence-corrected chi connectivity index (χ0v) is 17.9. The Hall–Kier alpha value is -2.20. The molecule has 2 unspecified atom stereocenters. The molecule has 0 aliphatic heterocycles. The van der Waals surface area contributed by atoms with Crippen LogP contribution in [-0.4, -0.2) is 24.4 Å². The molecule has 0 fully saturated rings. The Balaban J connectivity index is 1.66. The summed E-state index contributed by atoms with van der Waals surface area (Å²) in [6.07, 6.45) is 0.310. The summed E-state index contributed by atoms with van der Waals surface area (Å²) in [5, 5.41) is 0.00388. The predicted molar refractivity (Wildman–Crippen MR) is 117 cm³/mol. The zero-order chi connectivity index (χ0) is 20.3. The predicted octanol–water partition coefficient (Wildman–Crippen LogP) is 5.43. The van der Waals surface area contributed by atoms with E-state index in [0.717, 1.165) is 5.75 Å². The van der Waals surface area contributed by atoms with Crippen LogP contribution in [0, 0.1) is 0 Å². The van der Waals surface area contributed by atoms with E-state index in [1.807, 2.05) is 19.1 Å². The van der Waals surface area contributed by atoms with E-state index in [0.29, 0.717) is 13.0 Å². The summed E-state index contributed by atoms with van der Waals surface area (Å²) in [5.41, 5.74) is 6.54. The van der Waals surface area contributed by atoms with Crippen LogP contribution < -0.4 is 4.74 Å². The molecule has 0 saturated carbocycles. The van der Waals surface area contributed by atoms with Crippen molar-refractivity contribution in [3.63, 3.8) is 0 Å². The fraction of sp³-hybridized carbons (Fsp3) is 0.375. The highest BCUT2D eigenvalue weighted by Gasteiger charge is 2.38. The van der Waals surface area contributed by atoms with Gasteiger partial charge in [0.25, 0.3) is 0 Å². The molecule has 1 aliphatic carbocycles. The number of esters is 1. The van der Waals surface area contributed by atoms with Crippen LogP contribution in [0.2, 0.25) is 0 Å². The van der Waals surface area contributed by atoms with Crippen LogP contribution in [0.25, 0.3) is 5.57 Å². The summed E-state index contributed by atoms with van der Waals surface area (Å²) in [6.45, 7) is 9.16. The highest BCUT2D eigenvalue weighted by Crippen LogP contribution is 2.49. The van der Waals surface area contributed by atoms with E-state index in [1.165, 1.54) is 27.8 Å². The van der Waals surface area contributed by atoms with Gasteiger partial charge in [0.15, 0.2) is 0 Å². The molecule has 0 spiro atoms. The summed E-state index contributed by atoms with van der Waals surface area (Å²) in [6, 6.07) is 16.9. The number of allylic oxidation sites excluding steroid dienone is 2. The second-order valence-corrected chi connectivity index (χ2v) is 8.45. The summed E-state index contributed by atoms with van der Waals surface area (Å²) in [7, 11) is 0. The standard InChI is InChI=1S/C24H28O3S/c1-16(28)15-23(25)27-14-13-26-20-11-9-19(10-12-20)24(4)18(3)17(2)21-7-5-6-8-22(21)24/h5-12,16,28H,13-15H2,1-4H3. The second kappa shape index (κ2) is 8.44. The average Bonchev–Trinajstić information content (AvgIpc) is 2.88. The van der Waals surface area contributed by atoms with Crippen LogP contribution in [-0.2, 0) is 14.9 Å². The number of fused-ring (bicyclic) bond motifs is 1. The van der Waals surface area contributed by atoms with Crippen LogP contribution in [0.15, 0.2) is 54.1 Å². The molecular weight excluding hydrogens is 368 g/mol. The minimum Gasteiger partial charge on any atom is -0.490 e. The van der Waals surface area contributed by atoms with E-state index in [1.54, 1.807) is 0 Å². The van der Waals surface area contributed by atoms with Crippen LogP contribution in [0.3, 0.4) is 0 Å². The summed E-state index contributed by atoms with van der Waals surface area (Å²) < 4.78 is 10.9. The fourth-order valence-corrected chi connectivity index (χ4v) is 4.05. The van der Waals surface area contributed by atoms with E-state index < -0.39 is 0 Å². The van der Waals surface area contributed by atoms with E-state index in [-0.39, 0.29) is 23.2 Å². The number of ether oxygens (including phenoxy) is 2. The lowest BCUT2D eigenvalue weighted by Gasteiger charge is -2.29. The van der Waals surface area contributed by atoms with Gasteiger partial charge in [-0.3, -0.25) is 4.79 Å². The van der Waals surface area contributed by atoms with Crippen molar-refractivity contribution in [3.8, 4) is 5.75 Å². The third-order valence-electron chi connectivity index (χ3n) is 5.69. The molecular formula is C24H28O3S. The molecule has 2 atom stereocenters. The van der Waals surface area contributed by atoms with Crippen molar-refractivity contribution in [1.82, 2.24) is 0 Å². The molecule has 3 nitrogen and oxygen atoms in total. The van der Waals surface area contributed by atoms with Gasteiger partial charge in [-0.25, -0.2) is 0 Å². The lowest BCUT2D eigenvalue weighted by molar-refractivity contribution is -0.144. The van der Waals surface area contributed by atoms with E-state index in [9.17, 15) is 4.79 Å². The highest BCUT2D eigenvalue weighted by molar-refractivity contribution is 7.80. The highest BCUT2D eigenvalue weighted by atomic mass is 32.1. The molecule has 148 valence electrons. The van der Waals surface area contributed by atoms with Gasteiger partial charge in [0.05, 0.1) is 6.42 Å². The molecule has 0 radical (unpaired) electrons. The number of thiol groups is 1. The van der Waals surface area contributed by atoms with Gasteiger partial charge >= 0.3 is 5.97 Å². The molecule has 0 amide bonds. The molecule has 0 heterocycles. The monoisotopic (exact) mass is 396 g/mol. The number of benzene rings is 2. The Bertz CT molecular complexity index is 883. The number of carbonyl (C=O) groups excluding carboxylic acids is 1. The SMILES string of the molecule is CC1=C(C)C(C)(c2ccc(OCCOC(=O)CC(C)S)cc2)c2ccccc21. The third-order valence-corrected chi connectivity index (χ3v) is 5.87. The zero-order valence-electron chi connectivity index (χ0n) is 17.0. The summed E-state index contributed by atoms with van der Waals surface area (Å²) in [5.74, 6) is 0.530. The first-order chi connectivity index (χ1) is 13.3. The molecule has 0 bridgehead atoms. The van der Waals surface area contributed by atoms with Crippen LogP contribution in [0.1, 0.15) is 50.8 Å². The molecule has 2 aromatic rings. The van der Waals surface area contributed by atoms with Gasteiger partial charge in [0, 0.05) is 10.7 Å². The first kappa shape index (κ1) is 20.5. The van der Waals surface area contributed by atoms with Gasteiger partial charge < -0.3 is 9.47 Å². The summed E-state index contributed by atoms with van der Waals surface area (Å²) in [4.78, 5) is 11.5. The van der Waals surface area contributed by atoms with Gasteiger partial charge in [-0.05, 0) is 55.2 Å². The largest absolute Gasteiger partial charge is 0.490 e. The third kappa shape index (κ3) is 3.97. The van der Waals surface area contributed by atoms with E-state index in [4.69, 9.17) is 9.47 Å². The lowest BCUT2D eigenvalue weighted by atomic mass is 9.74. The maximum atomic E-state index is 11.5. The van der Waals surface area contributed by atoms with Crippen molar-refractivity contribution in [2.45, 2.75) is 44.8 Å². The van der Waals surface area contributed by atoms with Gasteiger partial charge in [0.1, 0.15) is 19.0 Å². The van der Waals surface area contributed by atoms with Gasteiger partial charge in [0.2, 0.25) is 0 Å². The lowest BCUT2D eigenvalue weighted by Crippen LogP contribution is -2.22. The molecule has 3 rings (SSSR count). The van der Waals surface area contributed by atoms with Crippen molar-refractivity contribution < 1.29 is 14.3 Å². The molecule has 4 heteroatoms. The maximum Gasteiger partial charge on any atom is 0.307 e. The van der Waals surface area contributed by atoms with Crippen molar-refractivity contribution in [1.29, 1.82) is 0 Å². The second-order valence-electron chi connectivity index (χ2n) is 7.57. The topological polar surface area (TPSA) is 35.5 Å². The minimum absolute atomic E-state index is 0.00388. The average molecular weight is 397 g/mol. The molecule has 0 saturated heterocycles. The number of rotatable bonds is 7. The quantitative estimate of drug-likeness (QED) is 0.385. The molecule has 1 aliphatic rings. The van der Waals surface area contributed by atoms with Gasteiger partial charge in [-0.2, -0.15) is 12.6 Å². The van der Waals surface area contributed by atoms with Crippen LogP contribution in [0.4, 0.5) is 0 Å². The fourth-order valence-electron chi connectivity index (χ4n) is 3.90. The molecule has 0 aromatic heterocycles. The molecule has 2 aromatic carbocycles. The Morgan fingerprint density at radius 1 is 1.07 bits per heavy atom. The van der Waals surface area contributed by atoms with Gasteiger partial charge in [-0.15, -0.1) is 0 Å². The number of hydrogen-bond acceptors (Lipinski definition) is 4. The Labute approximate surface area is 173 Å². The van der Waals surface area contributed by atoms with Gasteiger partial charge in [-0.1, -0.05) is 48.9 Å².